The quantitative estimate of drug-likeness (QED) is 0.557. The highest BCUT2D eigenvalue weighted by Gasteiger charge is 2.34. The summed E-state index contributed by atoms with van der Waals surface area (Å²) in [7, 11) is 0. The summed E-state index contributed by atoms with van der Waals surface area (Å²) in [5.74, 6) is -3.14. The summed E-state index contributed by atoms with van der Waals surface area (Å²) in [6.45, 7) is 2.74. The van der Waals surface area contributed by atoms with Crippen molar-refractivity contribution in [3.63, 3.8) is 0 Å². The van der Waals surface area contributed by atoms with Crippen molar-refractivity contribution >= 4 is 24.1 Å². The van der Waals surface area contributed by atoms with E-state index < -0.39 is 35.4 Å². The summed E-state index contributed by atoms with van der Waals surface area (Å²) in [5, 5.41) is 9.26. The molecule has 0 bridgehead atoms. The van der Waals surface area contributed by atoms with Gasteiger partial charge in [-0.2, -0.15) is 14.8 Å². The van der Waals surface area contributed by atoms with Gasteiger partial charge in [0.25, 0.3) is 5.91 Å². The monoisotopic (exact) mass is 514 g/mol. The van der Waals surface area contributed by atoms with E-state index in [2.05, 4.69) is 25.2 Å². The van der Waals surface area contributed by atoms with E-state index >= 15 is 0 Å². The maximum absolute atomic E-state index is 14.5. The molecule has 2 N–H and O–H groups in total. The molecule has 2 aliphatic heterocycles. The van der Waals surface area contributed by atoms with E-state index in [1.165, 1.54) is 30.3 Å². The SMILES string of the molecule is Cc1nc(C(N)=O)nn1-c1nc(N2CCN(C(=O)N3N=CCC3c3cc(F)cc(F)c3)CC2)ncc1F. The predicted molar refractivity (Wildman–Crippen MR) is 123 cm³/mol. The third-order valence-electron chi connectivity index (χ3n) is 6.03. The minimum absolute atomic E-state index is 0.197. The normalized spacial score (nSPS) is 17.5. The van der Waals surface area contributed by atoms with Crippen molar-refractivity contribution in [3.8, 4) is 5.82 Å². The lowest BCUT2D eigenvalue weighted by Crippen LogP contribution is -2.52. The first-order valence-corrected chi connectivity index (χ1v) is 11.3. The van der Waals surface area contributed by atoms with Crippen molar-refractivity contribution in [1.82, 2.24) is 34.6 Å². The van der Waals surface area contributed by atoms with Crippen LogP contribution >= 0.6 is 0 Å². The number of hydrazone groups is 1. The number of amides is 3. The van der Waals surface area contributed by atoms with Gasteiger partial charge in [-0.25, -0.2) is 32.9 Å². The fourth-order valence-corrected chi connectivity index (χ4v) is 4.23. The molecule has 1 unspecified atom stereocenters. The highest BCUT2D eigenvalue weighted by Crippen LogP contribution is 2.30. The fraction of sp³-hybridized carbons (Fsp3) is 0.318. The Balaban J connectivity index is 1.29. The largest absolute Gasteiger partial charge is 0.363 e. The van der Waals surface area contributed by atoms with Crippen LogP contribution in [0.5, 0.6) is 0 Å². The lowest BCUT2D eigenvalue weighted by molar-refractivity contribution is 0.0990. The molecule has 1 atom stereocenters. The zero-order valence-electron chi connectivity index (χ0n) is 19.6. The highest BCUT2D eigenvalue weighted by atomic mass is 19.1. The molecule has 12 nitrogen and oxygen atoms in total. The van der Waals surface area contributed by atoms with Gasteiger partial charge in [0, 0.05) is 44.9 Å². The van der Waals surface area contributed by atoms with Crippen LogP contribution in [0.4, 0.5) is 23.9 Å². The molecule has 1 saturated heterocycles. The summed E-state index contributed by atoms with van der Waals surface area (Å²) >= 11 is 0. The molecule has 192 valence electrons. The van der Waals surface area contributed by atoms with E-state index in [9.17, 15) is 22.8 Å². The van der Waals surface area contributed by atoms with Crippen molar-refractivity contribution < 1.29 is 22.8 Å². The first-order valence-electron chi connectivity index (χ1n) is 11.3. The number of anilines is 1. The number of rotatable bonds is 4. The summed E-state index contributed by atoms with van der Waals surface area (Å²) < 4.78 is 43.0. The Morgan fingerprint density at radius 1 is 1.03 bits per heavy atom. The molecule has 0 spiro atoms. The molecule has 0 radical (unpaired) electrons. The van der Waals surface area contributed by atoms with E-state index in [1.807, 2.05) is 0 Å². The van der Waals surface area contributed by atoms with Crippen LogP contribution in [0.25, 0.3) is 5.82 Å². The van der Waals surface area contributed by atoms with Crippen LogP contribution in [0.3, 0.4) is 0 Å². The van der Waals surface area contributed by atoms with E-state index in [4.69, 9.17) is 5.73 Å². The summed E-state index contributed by atoms with van der Waals surface area (Å²) in [5.41, 5.74) is 5.52. The number of aromatic nitrogens is 5. The van der Waals surface area contributed by atoms with Crippen molar-refractivity contribution in [2.24, 2.45) is 10.8 Å². The minimum Gasteiger partial charge on any atom is -0.363 e. The van der Waals surface area contributed by atoms with Gasteiger partial charge in [-0.3, -0.25) is 4.79 Å². The second kappa shape index (κ2) is 9.48. The van der Waals surface area contributed by atoms with Gasteiger partial charge in [-0.1, -0.05) is 0 Å². The van der Waals surface area contributed by atoms with Crippen LogP contribution in [-0.4, -0.2) is 79.0 Å². The maximum Gasteiger partial charge on any atom is 0.341 e. The molecule has 5 rings (SSSR count). The van der Waals surface area contributed by atoms with Gasteiger partial charge >= 0.3 is 6.03 Å². The average molecular weight is 514 g/mol. The van der Waals surface area contributed by atoms with E-state index in [-0.39, 0.29) is 36.5 Å². The smallest absolute Gasteiger partial charge is 0.341 e. The maximum atomic E-state index is 14.5. The highest BCUT2D eigenvalue weighted by molar-refractivity contribution is 5.88. The van der Waals surface area contributed by atoms with Crippen LogP contribution in [0, 0.1) is 24.4 Å². The number of aryl methyl sites for hydroxylation is 1. The van der Waals surface area contributed by atoms with Gasteiger partial charge in [-0.05, 0) is 24.6 Å². The number of hydrogen-bond acceptors (Lipinski definition) is 8. The average Bonchev–Trinajstić information content (AvgIpc) is 3.51. The number of urea groups is 1. The Morgan fingerprint density at radius 2 is 1.73 bits per heavy atom. The molecule has 2 aromatic heterocycles. The van der Waals surface area contributed by atoms with Gasteiger partial charge < -0.3 is 15.5 Å². The predicted octanol–water partition coefficient (Wildman–Crippen LogP) is 1.56. The Bertz CT molecular complexity index is 1380. The van der Waals surface area contributed by atoms with Gasteiger partial charge in [0.1, 0.15) is 17.5 Å². The molecule has 1 aromatic carbocycles. The Labute approximate surface area is 208 Å². The third kappa shape index (κ3) is 4.66. The van der Waals surface area contributed by atoms with Crippen LogP contribution in [0.2, 0.25) is 0 Å². The number of primary amides is 1. The van der Waals surface area contributed by atoms with Crippen molar-refractivity contribution in [1.29, 1.82) is 0 Å². The zero-order valence-corrected chi connectivity index (χ0v) is 19.6. The molecule has 3 aromatic rings. The summed E-state index contributed by atoms with van der Waals surface area (Å²) in [4.78, 5) is 40.1. The number of carbonyl (C=O) groups is 2. The van der Waals surface area contributed by atoms with Crippen LogP contribution < -0.4 is 10.6 Å². The van der Waals surface area contributed by atoms with Crippen molar-refractivity contribution in [2.45, 2.75) is 19.4 Å². The van der Waals surface area contributed by atoms with E-state index in [0.29, 0.717) is 25.1 Å². The first-order chi connectivity index (χ1) is 17.7. The molecule has 37 heavy (non-hydrogen) atoms. The number of piperazine rings is 1. The number of hydrogen-bond donors (Lipinski definition) is 1. The fourth-order valence-electron chi connectivity index (χ4n) is 4.23. The first kappa shape index (κ1) is 24.1. The van der Waals surface area contributed by atoms with Gasteiger partial charge in [0.15, 0.2) is 11.6 Å². The van der Waals surface area contributed by atoms with Crippen molar-refractivity contribution in [2.75, 3.05) is 31.1 Å². The van der Waals surface area contributed by atoms with Crippen LogP contribution in [-0.2, 0) is 0 Å². The molecule has 1 fully saturated rings. The van der Waals surface area contributed by atoms with Crippen molar-refractivity contribution in [3.05, 3.63) is 59.1 Å². The Hall–Kier alpha value is -4.56. The van der Waals surface area contributed by atoms with Gasteiger partial charge in [0.05, 0.1) is 12.2 Å². The number of nitrogens with zero attached hydrogens (tertiary/aromatic N) is 9. The Kier molecular flexibility index (Phi) is 6.19. The minimum atomic E-state index is -0.857. The number of nitrogens with two attached hydrogens (primary N) is 1. The summed E-state index contributed by atoms with van der Waals surface area (Å²) in [6, 6.07) is 2.13. The second-order valence-electron chi connectivity index (χ2n) is 8.45. The second-order valence-corrected chi connectivity index (χ2v) is 8.45. The molecule has 3 amide bonds. The number of carbonyl (C=O) groups excluding carboxylic acids is 2. The Morgan fingerprint density at radius 3 is 2.38 bits per heavy atom. The van der Waals surface area contributed by atoms with Crippen LogP contribution in [0.15, 0.2) is 29.5 Å². The lowest BCUT2D eigenvalue weighted by Gasteiger charge is -2.37. The molecule has 0 saturated carbocycles. The van der Waals surface area contributed by atoms with E-state index in [1.54, 1.807) is 9.80 Å². The molecule has 2 aliphatic rings. The molecular formula is C22H21F3N10O2. The van der Waals surface area contributed by atoms with Gasteiger partial charge in [0.2, 0.25) is 11.8 Å². The molecule has 4 heterocycles. The molecule has 0 aliphatic carbocycles. The third-order valence-corrected chi connectivity index (χ3v) is 6.03. The lowest BCUT2D eigenvalue weighted by atomic mass is 10.0. The zero-order chi connectivity index (χ0) is 26.3. The number of halogens is 3. The van der Waals surface area contributed by atoms with E-state index in [0.717, 1.165) is 16.9 Å². The molecular weight excluding hydrogens is 493 g/mol. The topological polar surface area (TPSA) is 139 Å². The number of benzene rings is 1. The van der Waals surface area contributed by atoms with Gasteiger partial charge in [-0.15, -0.1) is 5.10 Å². The summed E-state index contributed by atoms with van der Waals surface area (Å²) in [6.07, 6.45) is 2.85. The standard InChI is InChI=1S/C22H21F3N10O2/c1-12-29-19(18(26)36)31-34(12)20-16(25)11-27-21(30-20)32-4-6-33(7-5-32)22(37)35-17(2-3-28-35)13-8-14(23)10-15(24)9-13/h3,8-11,17H,2,4-7H2,1H3,(H2,26,36). The molecule has 15 heteroatoms. The van der Waals surface area contributed by atoms with Crippen LogP contribution in [0.1, 0.15) is 34.5 Å².